The molecule has 1 aromatic carbocycles. The van der Waals surface area contributed by atoms with Gasteiger partial charge in [0.25, 0.3) is 0 Å². The fourth-order valence-corrected chi connectivity index (χ4v) is 3.58. The van der Waals surface area contributed by atoms with E-state index in [0.29, 0.717) is 17.9 Å². The Morgan fingerprint density at radius 1 is 1.44 bits per heavy atom. The van der Waals surface area contributed by atoms with E-state index in [2.05, 4.69) is 20.7 Å². The summed E-state index contributed by atoms with van der Waals surface area (Å²) in [6.45, 7) is 2.01. The molecule has 1 fully saturated rings. The Kier molecular flexibility index (Phi) is 3.62. The summed E-state index contributed by atoms with van der Waals surface area (Å²) in [6, 6.07) is 7.82. The topological polar surface area (TPSA) is 105 Å². The lowest BCUT2D eigenvalue weighted by atomic mass is 10.0. The lowest BCUT2D eigenvalue weighted by Crippen LogP contribution is -2.15. The van der Waals surface area contributed by atoms with Crippen LogP contribution in [0.3, 0.4) is 0 Å². The molecule has 0 radical (unpaired) electrons. The normalized spacial score (nSPS) is 18.7. The maximum Gasteiger partial charge on any atom is 0.230 e. The van der Waals surface area contributed by atoms with Crippen LogP contribution in [0.1, 0.15) is 12.0 Å². The van der Waals surface area contributed by atoms with Crippen LogP contribution < -0.4 is 11.1 Å². The number of fused-ring (bicyclic) bond motifs is 1. The molecule has 2 aromatic heterocycles. The summed E-state index contributed by atoms with van der Waals surface area (Å²) in [7, 11) is 0. The Labute approximate surface area is 148 Å². The van der Waals surface area contributed by atoms with Gasteiger partial charge in [0.15, 0.2) is 0 Å². The maximum absolute atomic E-state index is 12.1. The molecule has 2 atom stereocenters. The van der Waals surface area contributed by atoms with Gasteiger partial charge in [-0.25, -0.2) is 4.98 Å². The van der Waals surface area contributed by atoms with Crippen molar-refractivity contribution in [2.24, 2.45) is 11.8 Å². The molecule has 0 aliphatic heterocycles. The van der Waals surface area contributed by atoms with Gasteiger partial charge in [-0.3, -0.25) is 4.79 Å². The van der Waals surface area contributed by atoms with Crippen LogP contribution in [0.2, 0.25) is 0 Å². The zero-order chi connectivity index (χ0) is 17.6. The van der Waals surface area contributed by atoms with Crippen LogP contribution in [-0.4, -0.2) is 15.3 Å². The van der Waals surface area contributed by atoms with E-state index in [0.717, 1.165) is 27.6 Å². The van der Waals surface area contributed by atoms with Gasteiger partial charge in [-0.05, 0) is 54.0 Å². The number of hydrogen-bond acceptors (Lipinski definition) is 6. The molecule has 1 saturated carbocycles. The SMILES string of the molecule is Cc1csnc1-c1cc(N)c2cnc(NC(=O)C3CC3C#N)cc2c1. The molecule has 25 heavy (non-hydrogen) atoms. The second-order valence-electron chi connectivity index (χ2n) is 6.27. The molecule has 7 heteroatoms. The van der Waals surface area contributed by atoms with Crippen molar-refractivity contribution in [2.45, 2.75) is 13.3 Å². The number of nitrogens with one attached hydrogen (secondary N) is 1. The number of nitrogen functional groups attached to an aromatic ring is 1. The number of hydrogen-bond donors (Lipinski definition) is 2. The van der Waals surface area contributed by atoms with Crippen LogP contribution in [0.5, 0.6) is 0 Å². The molecular weight excluding hydrogens is 334 g/mol. The summed E-state index contributed by atoms with van der Waals surface area (Å²) >= 11 is 1.41. The zero-order valence-corrected chi connectivity index (χ0v) is 14.3. The average molecular weight is 349 g/mol. The molecule has 1 aliphatic carbocycles. The van der Waals surface area contributed by atoms with Crippen LogP contribution in [0.4, 0.5) is 11.5 Å². The largest absolute Gasteiger partial charge is 0.398 e. The minimum Gasteiger partial charge on any atom is -0.398 e. The van der Waals surface area contributed by atoms with Gasteiger partial charge in [-0.2, -0.15) is 9.64 Å². The number of pyridine rings is 1. The summed E-state index contributed by atoms with van der Waals surface area (Å²) < 4.78 is 4.42. The first-order valence-corrected chi connectivity index (χ1v) is 8.71. The van der Waals surface area contributed by atoms with E-state index < -0.39 is 0 Å². The molecule has 0 saturated heterocycles. The molecule has 0 bridgehead atoms. The smallest absolute Gasteiger partial charge is 0.230 e. The van der Waals surface area contributed by atoms with E-state index >= 15 is 0 Å². The van der Waals surface area contributed by atoms with Crippen molar-refractivity contribution >= 4 is 39.7 Å². The lowest BCUT2D eigenvalue weighted by Gasteiger charge is -2.09. The van der Waals surface area contributed by atoms with Crippen LogP contribution in [-0.2, 0) is 4.79 Å². The maximum atomic E-state index is 12.1. The molecule has 3 N–H and O–H groups in total. The molecule has 2 heterocycles. The van der Waals surface area contributed by atoms with Crippen molar-refractivity contribution < 1.29 is 4.79 Å². The van der Waals surface area contributed by atoms with Crippen LogP contribution in [0, 0.1) is 30.1 Å². The predicted octanol–water partition coefficient (Wildman–Crippen LogP) is 3.35. The van der Waals surface area contributed by atoms with Crippen molar-refractivity contribution in [1.29, 1.82) is 5.26 Å². The van der Waals surface area contributed by atoms with Gasteiger partial charge in [-0.1, -0.05) is 0 Å². The van der Waals surface area contributed by atoms with Gasteiger partial charge in [-0.15, -0.1) is 0 Å². The van der Waals surface area contributed by atoms with E-state index in [4.69, 9.17) is 11.0 Å². The standard InChI is InChI=1S/C18H15N5OS/c1-9-8-25-23-17(9)11-2-10-5-16(21-7-14(10)15(20)4-11)22-18(24)13-3-12(13)6-19/h2,4-5,7-8,12-13H,3,20H2,1H3,(H,21,22,24). The number of carbonyl (C=O) groups excluding carboxylic acids is 1. The van der Waals surface area contributed by atoms with Crippen molar-refractivity contribution in [3.05, 3.63) is 35.3 Å². The number of aryl methyl sites for hydroxylation is 1. The minimum absolute atomic E-state index is 0.155. The predicted molar refractivity (Wildman–Crippen MR) is 97.8 cm³/mol. The van der Waals surface area contributed by atoms with Crippen LogP contribution in [0.15, 0.2) is 29.8 Å². The monoisotopic (exact) mass is 349 g/mol. The molecule has 2 unspecified atom stereocenters. The number of aromatic nitrogens is 2. The summed E-state index contributed by atoms with van der Waals surface area (Å²) in [5.74, 6) is -0.0857. The van der Waals surface area contributed by atoms with Gasteiger partial charge in [0.05, 0.1) is 23.6 Å². The van der Waals surface area contributed by atoms with Crippen molar-refractivity contribution in [3.8, 4) is 17.3 Å². The number of nitriles is 1. The molecule has 4 rings (SSSR count). The van der Waals surface area contributed by atoms with E-state index in [9.17, 15) is 4.79 Å². The average Bonchev–Trinajstić information content (AvgIpc) is 3.27. The van der Waals surface area contributed by atoms with Gasteiger partial charge < -0.3 is 11.1 Å². The van der Waals surface area contributed by atoms with Crippen molar-refractivity contribution in [3.63, 3.8) is 0 Å². The number of rotatable bonds is 3. The molecule has 6 nitrogen and oxygen atoms in total. The Balaban J connectivity index is 1.68. The van der Waals surface area contributed by atoms with E-state index in [1.54, 1.807) is 12.3 Å². The number of carbonyl (C=O) groups is 1. The second kappa shape index (κ2) is 5.83. The number of nitrogens with zero attached hydrogens (tertiary/aromatic N) is 3. The number of nitrogens with two attached hydrogens (primary N) is 1. The van der Waals surface area contributed by atoms with Gasteiger partial charge in [0.1, 0.15) is 5.82 Å². The van der Waals surface area contributed by atoms with E-state index in [1.165, 1.54) is 11.5 Å². The summed E-state index contributed by atoms with van der Waals surface area (Å²) in [4.78, 5) is 16.4. The molecule has 0 spiro atoms. The van der Waals surface area contributed by atoms with Crippen molar-refractivity contribution in [1.82, 2.24) is 9.36 Å². The highest BCUT2D eigenvalue weighted by molar-refractivity contribution is 7.04. The van der Waals surface area contributed by atoms with Crippen molar-refractivity contribution in [2.75, 3.05) is 11.1 Å². The van der Waals surface area contributed by atoms with Gasteiger partial charge >= 0.3 is 0 Å². The second-order valence-corrected chi connectivity index (χ2v) is 6.90. The van der Waals surface area contributed by atoms with Crippen LogP contribution >= 0.6 is 11.5 Å². The summed E-state index contributed by atoms with van der Waals surface area (Å²) in [6.07, 6.45) is 2.28. The highest BCUT2D eigenvalue weighted by Gasteiger charge is 2.43. The molecule has 1 aliphatic rings. The third-order valence-corrected chi connectivity index (χ3v) is 5.18. The lowest BCUT2D eigenvalue weighted by molar-refractivity contribution is -0.117. The van der Waals surface area contributed by atoms with Gasteiger partial charge in [0, 0.05) is 28.2 Å². The molecule has 124 valence electrons. The summed E-state index contributed by atoms with van der Waals surface area (Å²) in [5, 5.41) is 15.3. The van der Waals surface area contributed by atoms with E-state index in [1.807, 2.05) is 24.4 Å². The fourth-order valence-electron chi connectivity index (χ4n) is 2.90. The number of anilines is 2. The third kappa shape index (κ3) is 2.81. The quantitative estimate of drug-likeness (QED) is 0.706. The summed E-state index contributed by atoms with van der Waals surface area (Å²) in [5.41, 5.74) is 9.75. The Morgan fingerprint density at radius 3 is 2.96 bits per heavy atom. The molecule has 3 aromatic rings. The van der Waals surface area contributed by atoms with Crippen LogP contribution in [0.25, 0.3) is 22.0 Å². The highest BCUT2D eigenvalue weighted by atomic mass is 32.1. The van der Waals surface area contributed by atoms with Gasteiger partial charge in [0.2, 0.25) is 5.91 Å². The Morgan fingerprint density at radius 2 is 2.28 bits per heavy atom. The highest BCUT2D eigenvalue weighted by Crippen LogP contribution is 2.38. The number of amides is 1. The zero-order valence-electron chi connectivity index (χ0n) is 13.5. The minimum atomic E-state index is -0.225. The Bertz CT molecular complexity index is 1040. The first kappa shape index (κ1) is 15.5. The molecular formula is C18H15N5OS. The first-order chi connectivity index (χ1) is 12.1. The third-order valence-electron chi connectivity index (χ3n) is 4.43. The Hall–Kier alpha value is -2.98. The number of benzene rings is 1. The van der Waals surface area contributed by atoms with E-state index in [-0.39, 0.29) is 17.7 Å². The molecule has 1 amide bonds. The first-order valence-electron chi connectivity index (χ1n) is 7.88. The fraction of sp³-hybridized carbons (Fsp3) is 0.222.